The van der Waals surface area contributed by atoms with E-state index in [9.17, 15) is 0 Å². The van der Waals surface area contributed by atoms with Crippen molar-refractivity contribution >= 4 is 11.8 Å². The van der Waals surface area contributed by atoms with E-state index in [4.69, 9.17) is 5.73 Å². The number of nitrogens with zero attached hydrogens (tertiary/aromatic N) is 2. The summed E-state index contributed by atoms with van der Waals surface area (Å²) in [5.74, 6) is 0. The predicted molar refractivity (Wildman–Crippen MR) is 72.3 cm³/mol. The smallest absolute Gasteiger partial charge is 0.188 e. The molecule has 0 spiro atoms. The standard InChI is InChI=1S/C13H21N3S/c1-8-9(2)15-13(16-10(8)3)17-12-7-5-4-6-11(12)14/h11-12H,4-7,14H2,1-3H3. The van der Waals surface area contributed by atoms with Gasteiger partial charge in [-0.3, -0.25) is 0 Å². The third kappa shape index (κ3) is 2.99. The maximum atomic E-state index is 6.16. The molecular formula is C13H21N3S. The summed E-state index contributed by atoms with van der Waals surface area (Å²) in [6.45, 7) is 6.18. The van der Waals surface area contributed by atoms with E-state index < -0.39 is 0 Å². The first-order valence-electron chi connectivity index (χ1n) is 6.32. The zero-order valence-electron chi connectivity index (χ0n) is 10.9. The van der Waals surface area contributed by atoms with Crippen molar-refractivity contribution in [3.05, 3.63) is 17.0 Å². The lowest BCUT2D eigenvalue weighted by atomic mass is 9.96. The monoisotopic (exact) mass is 251 g/mol. The Labute approximate surface area is 108 Å². The van der Waals surface area contributed by atoms with Gasteiger partial charge in [0, 0.05) is 22.7 Å². The van der Waals surface area contributed by atoms with Crippen LogP contribution in [0.1, 0.15) is 42.6 Å². The maximum absolute atomic E-state index is 6.16. The summed E-state index contributed by atoms with van der Waals surface area (Å²) >= 11 is 1.76. The fraction of sp³-hybridized carbons (Fsp3) is 0.692. The van der Waals surface area contributed by atoms with Crippen LogP contribution in [0.4, 0.5) is 0 Å². The second-order valence-corrected chi connectivity index (χ2v) is 6.11. The fourth-order valence-corrected chi connectivity index (χ4v) is 3.45. The quantitative estimate of drug-likeness (QED) is 0.821. The number of aromatic nitrogens is 2. The molecule has 94 valence electrons. The van der Waals surface area contributed by atoms with Crippen molar-refractivity contribution in [1.82, 2.24) is 9.97 Å². The predicted octanol–water partition coefficient (Wildman–Crippen LogP) is 2.76. The average molecular weight is 251 g/mol. The molecule has 17 heavy (non-hydrogen) atoms. The number of aryl methyl sites for hydroxylation is 2. The Morgan fingerprint density at radius 3 is 2.24 bits per heavy atom. The fourth-order valence-electron chi connectivity index (χ4n) is 2.20. The van der Waals surface area contributed by atoms with Crippen molar-refractivity contribution in [1.29, 1.82) is 0 Å². The Hall–Kier alpha value is -0.610. The van der Waals surface area contributed by atoms with Crippen LogP contribution in [-0.4, -0.2) is 21.3 Å². The molecule has 2 atom stereocenters. The van der Waals surface area contributed by atoms with Gasteiger partial charge in [0.1, 0.15) is 0 Å². The largest absolute Gasteiger partial charge is 0.327 e. The molecule has 0 bridgehead atoms. The Balaban J connectivity index is 2.12. The van der Waals surface area contributed by atoms with Gasteiger partial charge in [-0.25, -0.2) is 9.97 Å². The summed E-state index contributed by atoms with van der Waals surface area (Å²) in [5.41, 5.74) is 9.53. The van der Waals surface area contributed by atoms with E-state index in [1.807, 2.05) is 0 Å². The Morgan fingerprint density at radius 1 is 1.06 bits per heavy atom. The van der Waals surface area contributed by atoms with Crippen molar-refractivity contribution in [2.45, 2.75) is 62.9 Å². The molecule has 1 aliphatic rings. The van der Waals surface area contributed by atoms with Gasteiger partial charge in [-0.05, 0) is 39.2 Å². The Kier molecular flexibility index (Phi) is 4.05. The minimum absolute atomic E-state index is 0.305. The van der Waals surface area contributed by atoms with Crippen molar-refractivity contribution in [3.63, 3.8) is 0 Å². The van der Waals surface area contributed by atoms with Crippen LogP contribution in [0.25, 0.3) is 0 Å². The number of hydrogen-bond acceptors (Lipinski definition) is 4. The van der Waals surface area contributed by atoms with Gasteiger partial charge in [0.2, 0.25) is 0 Å². The highest BCUT2D eigenvalue weighted by molar-refractivity contribution is 7.99. The first kappa shape index (κ1) is 12.8. The van der Waals surface area contributed by atoms with Crippen LogP contribution >= 0.6 is 11.8 Å². The van der Waals surface area contributed by atoms with Gasteiger partial charge >= 0.3 is 0 Å². The second kappa shape index (κ2) is 5.36. The van der Waals surface area contributed by atoms with E-state index >= 15 is 0 Å². The third-order valence-electron chi connectivity index (χ3n) is 3.62. The molecule has 1 aliphatic carbocycles. The lowest BCUT2D eigenvalue weighted by molar-refractivity contribution is 0.452. The summed E-state index contributed by atoms with van der Waals surface area (Å²) in [6.07, 6.45) is 4.89. The second-order valence-electron chi connectivity index (χ2n) is 4.91. The molecule has 0 aromatic carbocycles. The van der Waals surface area contributed by atoms with Crippen LogP contribution in [0.15, 0.2) is 5.16 Å². The molecule has 2 rings (SSSR count). The van der Waals surface area contributed by atoms with E-state index in [0.29, 0.717) is 11.3 Å². The van der Waals surface area contributed by atoms with E-state index in [-0.39, 0.29) is 0 Å². The van der Waals surface area contributed by atoms with Crippen LogP contribution in [0, 0.1) is 20.8 Å². The lowest BCUT2D eigenvalue weighted by Crippen LogP contribution is -2.35. The minimum Gasteiger partial charge on any atom is -0.327 e. The molecule has 1 aromatic rings. The summed E-state index contributed by atoms with van der Waals surface area (Å²) in [5, 5.41) is 1.39. The molecule has 1 fully saturated rings. The summed E-state index contributed by atoms with van der Waals surface area (Å²) < 4.78 is 0. The summed E-state index contributed by atoms with van der Waals surface area (Å²) in [6, 6.07) is 0.305. The normalized spacial score (nSPS) is 24.9. The molecule has 0 aliphatic heterocycles. The Bertz CT molecular complexity index is 383. The first-order valence-corrected chi connectivity index (χ1v) is 7.20. The first-order chi connectivity index (χ1) is 8.08. The van der Waals surface area contributed by atoms with Gasteiger partial charge in [0.15, 0.2) is 5.16 Å². The Morgan fingerprint density at radius 2 is 1.65 bits per heavy atom. The zero-order valence-corrected chi connectivity index (χ0v) is 11.7. The topological polar surface area (TPSA) is 51.8 Å². The van der Waals surface area contributed by atoms with Crippen LogP contribution in [0.5, 0.6) is 0 Å². The van der Waals surface area contributed by atoms with Gasteiger partial charge in [-0.2, -0.15) is 0 Å². The van der Waals surface area contributed by atoms with Gasteiger partial charge < -0.3 is 5.73 Å². The molecule has 4 heteroatoms. The molecule has 0 radical (unpaired) electrons. The molecule has 0 saturated heterocycles. The highest BCUT2D eigenvalue weighted by atomic mass is 32.2. The lowest BCUT2D eigenvalue weighted by Gasteiger charge is -2.27. The number of hydrogen-bond donors (Lipinski definition) is 1. The van der Waals surface area contributed by atoms with E-state index in [1.165, 1.54) is 24.8 Å². The number of thioether (sulfide) groups is 1. The molecule has 1 heterocycles. The highest BCUT2D eigenvalue weighted by Gasteiger charge is 2.24. The third-order valence-corrected chi connectivity index (χ3v) is 4.90. The average Bonchev–Trinajstić information content (AvgIpc) is 2.29. The van der Waals surface area contributed by atoms with E-state index in [0.717, 1.165) is 23.0 Å². The van der Waals surface area contributed by atoms with Crippen molar-refractivity contribution < 1.29 is 0 Å². The molecule has 1 aromatic heterocycles. The number of rotatable bonds is 2. The van der Waals surface area contributed by atoms with Crippen LogP contribution < -0.4 is 5.73 Å². The van der Waals surface area contributed by atoms with E-state index in [2.05, 4.69) is 30.7 Å². The SMILES string of the molecule is Cc1nc(SC2CCCCC2N)nc(C)c1C. The molecule has 0 amide bonds. The zero-order chi connectivity index (χ0) is 12.4. The van der Waals surface area contributed by atoms with Gasteiger partial charge in [-0.15, -0.1) is 0 Å². The van der Waals surface area contributed by atoms with Crippen molar-refractivity contribution in [2.75, 3.05) is 0 Å². The van der Waals surface area contributed by atoms with Crippen molar-refractivity contribution in [2.24, 2.45) is 5.73 Å². The number of nitrogens with two attached hydrogens (primary N) is 1. The van der Waals surface area contributed by atoms with Gasteiger partial charge in [-0.1, -0.05) is 24.6 Å². The summed E-state index contributed by atoms with van der Waals surface area (Å²) in [7, 11) is 0. The molecule has 3 nitrogen and oxygen atoms in total. The van der Waals surface area contributed by atoms with Gasteiger partial charge in [0.25, 0.3) is 0 Å². The minimum atomic E-state index is 0.305. The maximum Gasteiger partial charge on any atom is 0.188 e. The van der Waals surface area contributed by atoms with Crippen molar-refractivity contribution in [3.8, 4) is 0 Å². The van der Waals surface area contributed by atoms with Gasteiger partial charge in [0.05, 0.1) is 0 Å². The molecule has 2 N–H and O–H groups in total. The van der Waals surface area contributed by atoms with Crippen LogP contribution in [-0.2, 0) is 0 Å². The van der Waals surface area contributed by atoms with Crippen LogP contribution in [0.2, 0.25) is 0 Å². The van der Waals surface area contributed by atoms with E-state index in [1.54, 1.807) is 11.8 Å². The molecular weight excluding hydrogens is 230 g/mol. The summed E-state index contributed by atoms with van der Waals surface area (Å²) in [4.78, 5) is 9.12. The van der Waals surface area contributed by atoms with Crippen LogP contribution in [0.3, 0.4) is 0 Å². The highest BCUT2D eigenvalue weighted by Crippen LogP contribution is 2.31. The molecule has 2 unspecified atom stereocenters. The molecule has 1 saturated carbocycles.